The third-order valence-electron chi connectivity index (χ3n) is 10.1. The Morgan fingerprint density at radius 2 is 1.80 bits per heavy atom. The van der Waals surface area contributed by atoms with E-state index in [0.29, 0.717) is 18.5 Å². The zero-order valence-corrected chi connectivity index (χ0v) is 25.5. The van der Waals surface area contributed by atoms with Gasteiger partial charge in [-0.15, -0.1) is 0 Å². The number of ether oxygens (including phenoxy) is 2. The topological polar surface area (TPSA) is 125 Å². The average molecular weight is 606 g/mol. The lowest BCUT2D eigenvalue weighted by molar-refractivity contribution is -0.162. The first-order valence-electron chi connectivity index (χ1n) is 16.1. The fourth-order valence-corrected chi connectivity index (χ4v) is 7.94. The highest BCUT2D eigenvalue weighted by atomic mass is 16.6. The molecule has 2 saturated heterocycles. The van der Waals surface area contributed by atoms with Gasteiger partial charge in [-0.1, -0.05) is 73.9 Å². The minimum Gasteiger partial charge on any atom is -0.455 e. The van der Waals surface area contributed by atoms with Crippen molar-refractivity contribution in [3.05, 3.63) is 60.2 Å². The molecule has 2 N–H and O–H groups in total. The lowest BCUT2D eigenvalue weighted by Crippen LogP contribution is -2.59. The quantitative estimate of drug-likeness (QED) is 0.400. The minimum atomic E-state index is -1.41. The fraction of sp³-hybridized carbons (Fsp3) is 0.588. The average Bonchev–Trinajstić information content (AvgIpc) is 3.42. The molecule has 1 aromatic rings. The van der Waals surface area contributed by atoms with Gasteiger partial charge in [0.1, 0.15) is 23.7 Å². The number of benzene rings is 1. The van der Waals surface area contributed by atoms with Crippen LogP contribution in [-0.4, -0.2) is 87.6 Å². The molecule has 1 saturated carbocycles. The summed E-state index contributed by atoms with van der Waals surface area (Å²) in [6.07, 6.45) is 11.3. The van der Waals surface area contributed by atoms with E-state index >= 15 is 0 Å². The summed E-state index contributed by atoms with van der Waals surface area (Å²) < 4.78 is 13.0. The Balaban J connectivity index is 1.43. The number of carbonyl (C=O) groups excluding carboxylic acids is 4. The number of nitrogens with zero attached hydrogens (tertiary/aromatic N) is 2. The Kier molecular flexibility index (Phi) is 8.66. The molecule has 44 heavy (non-hydrogen) atoms. The van der Waals surface area contributed by atoms with Gasteiger partial charge in [0.15, 0.2) is 0 Å². The number of cyclic esters (lactones) is 1. The number of hydrogen-bond donors (Lipinski definition) is 2. The van der Waals surface area contributed by atoms with Crippen molar-refractivity contribution in [1.29, 1.82) is 0 Å². The maximum atomic E-state index is 14.5. The number of nitrogens with one attached hydrogen (secondary N) is 1. The predicted octanol–water partition coefficient (Wildman–Crippen LogP) is 2.82. The van der Waals surface area contributed by atoms with Crippen LogP contribution in [0, 0.1) is 11.8 Å². The molecule has 0 aromatic heterocycles. The summed E-state index contributed by atoms with van der Waals surface area (Å²) in [7, 11) is 0. The maximum absolute atomic E-state index is 14.5. The smallest absolute Gasteiger partial charge is 0.313 e. The molecule has 0 unspecified atom stereocenters. The summed E-state index contributed by atoms with van der Waals surface area (Å²) >= 11 is 0. The first-order chi connectivity index (χ1) is 21.3. The highest BCUT2D eigenvalue weighted by Gasteiger charge is 2.72. The Bertz CT molecular complexity index is 1330. The Morgan fingerprint density at radius 1 is 1.05 bits per heavy atom. The standard InChI is InChI=1S/C34H43N3O7/c1-21(20-38)37-30-32(41)36(24-14-7-4-8-15-24)19-11-18-34(30)28(31(37)40)27-25(44-34)16-9-10-17-26(39)35-22(2)29(43-33(27)42)23-12-5-3-6-13-23/h3,5-6,9,11-13,16,18,21-22,24-25,27-30,38H,4,7-8,10,14-15,17,19-20H2,1-2H3,(H,35,39)/b16-9-/t21-,22-,25-,27+,28+,29+,30-,34+/m1/s1. The molecule has 6 rings (SSSR count). The van der Waals surface area contributed by atoms with Gasteiger partial charge in [0.05, 0.1) is 30.7 Å². The molecule has 8 atom stereocenters. The lowest BCUT2D eigenvalue weighted by Gasteiger charge is -2.40. The number of hydrogen-bond acceptors (Lipinski definition) is 7. The van der Waals surface area contributed by atoms with Crippen LogP contribution in [0.15, 0.2) is 54.6 Å². The monoisotopic (exact) mass is 605 g/mol. The van der Waals surface area contributed by atoms with E-state index in [1.165, 1.54) is 4.90 Å². The zero-order valence-electron chi connectivity index (χ0n) is 25.5. The van der Waals surface area contributed by atoms with Gasteiger partial charge in [0.25, 0.3) is 0 Å². The maximum Gasteiger partial charge on any atom is 0.313 e. The molecular weight excluding hydrogens is 562 g/mol. The van der Waals surface area contributed by atoms with Crippen molar-refractivity contribution in [2.24, 2.45) is 11.8 Å². The van der Waals surface area contributed by atoms with E-state index in [1.54, 1.807) is 26.0 Å². The number of likely N-dealkylation sites (tertiary alicyclic amines) is 1. The van der Waals surface area contributed by atoms with Crippen molar-refractivity contribution in [3.8, 4) is 0 Å². The van der Waals surface area contributed by atoms with Gasteiger partial charge in [-0.2, -0.15) is 0 Å². The number of aliphatic hydroxyl groups excluding tert-OH is 1. The molecule has 5 aliphatic rings. The van der Waals surface area contributed by atoms with E-state index in [4.69, 9.17) is 9.47 Å². The Morgan fingerprint density at radius 3 is 2.52 bits per heavy atom. The molecule has 10 heteroatoms. The molecule has 4 aliphatic heterocycles. The molecule has 0 bridgehead atoms. The highest BCUT2D eigenvalue weighted by Crippen LogP contribution is 2.54. The van der Waals surface area contributed by atoms with Crippen LogP contribution in [0.3, 0.4) is 0 Å². The number of amides is 3. The van der Waals surface area contributed by atoms with Crippen molar-refractivity contribution in [3.63, 3.8) is 0 Å². The second-order valence-electron chi connectivity index (χ2n) is 12.9. The number of fused-ring (bicyclic) bond motifs is 2. The first kappa shape index (κ1) is 30.5. The van der Waals surface area contributed by atoms with E-state index in [0.717, 1.165) is 32.1 Å². The molecule has 1 aromatic carbocycles. The third-order valence-corrected chi connectivity index (χ3v) is 10.1. The normalized spacial score (nSPS) is 36.2. The highest BCUT2D eigenvalue weighted by molar-refractivity contribution is 5.99. The van der Waals surface area contributed by atoms with Crippen LogP contribution in [0.1, 0.15) is 70.5 Å². The molecule has 236 valence electrons. The summed E-state index contributed by atoms with van der Waals surface area (Å²) in [5.74, 6) is -3.47. The largest absolute Gasteiger partial charge is 0.455 e. The molecule has 4 heterocycles. The van der Waals surface area contributed by atoms with E-state index in [9.17, 15) is 24.3 Å². The summed E-state index contributed by atoms with van der Waals surface area (Å²) in [4.78, 5) is 59.4. The molecule has 0 radical (unpaired) electrons. The van der Waals surface area contributed by atoms with Gasteiger partial charge < -0.3 is 29.7 Å². The summed E-state index contributed by atoms with van der Waals surface area (Å²) in [5, 5.41) is 13.2. The van der Waals surface area contributed by atoms with Crippen LogP contribution >= 0.6 is 0 Å². The minimum absolute atomic E-state index is 0.0640. The summed E-state index contributed by atoms with van der Waals surface area (Å²) in [6.45, 7) is 3.57. The van der Waals surface area contributed by atoms with Gasteiger partial charge in [0, 0.05) is 19.0 Å². The second kappa shape index (κ2) is 12.5. The SMILES string of the molecule is C[C@H](CO)N1C(=O)[C@@H]2[C@H]3C(=O)O[C@H](c4ccccc4)[C@@H](C)NC(=O)CC/C=C\[C@H]3O[C@@]23C=CCN(C2CCCCC2)C(=O)[C@@H]13. The molecule has 1 spiro atoms. The fourth-order valence-electron chi connectivity index (χ4n) is 7.94. The number of aliphatic hydroxyl groups is 1. The van der Waals surface area contributed by atoms with Crippen LogP contribution in [0.2, 0.25) is 0 Å². The summed E-state index contributed by atoms with van der Waals surface area (Å²) in [5.41, 5.74) is -0.702. The molecular formula is C34H43N3O7. The van der Waals surface area contributed by atoms with Crippen LogP contribution in [0.5, 0.6) is 0 Å². The van der Waals surface area contributed by atoms with Gasteiger partial charge in [0.2, 0.25) is 17.7 Å². The van der Waals surface area contributed by atoms with Crippen molar-refractivity contribution < 1.29 is 33.8 Å². The molecule has 3 fully saturated rings. The van der Waals surface area contributed by atoms with E-state index in [2.05, 4.69) is 5.32 Å². The number of rotatable bonds is 4. The van der Waals surface area contributed by atoms with Crippen molar-refractivity contribution >= 4 is 23.7 Å². The number of carbonyl (C=O) groups is 4. The van der Waals surface area contributed by atoms with E-state index in [1.807, 2.05) is 47.4 Å². The summed E-state index contributed by atoms with van der Waals surface area (Å²) in [6, 6.07) is 7.06. The third kappa shape index (κ3) is 5.26. The van der Waals surface area contributed by atoms with Crippen LogP contribution in [-0.2, 0) is 28.7 Å². The zero-order chi connectivity index (χ0) is 31.0. The lowest BCUT2D eigenvalue weighted by atomic mass is 9.77. The van der Waals surface area contributed by atoms with Crippen molar-refractivity contribution in [2.75, 3.05) is 13.2 Å². The molecule has 10 nitrogen and oxygen atoms in total. The first-order valence-corrected chi connectivity index (χ1v) is 16.1. The van der Waals surface area contributed by atoms with E-state index < -0.39 is 59.6 Å². The number of allylic oxidation sites excluding steroid dienone is 1. The van der Waals surface area contributed by atoms with Gasteiger partial charge >= 0.3 is 5.97 Å². The Hall–Kier alpha value is -3.50. The van der Waals surface area contributed by atoms with Gasteiger partial charge in [-0.3, -0.25) is 19.2 Å². The van der Waals surface area contributed by atoms with Crippen LogP contribution in [0.25, 0.3) is 0 Å². The number of esters is 1. The van der Waals surface area contributed by atoms with Crippen molar-refractivity contribution in [1.82, 2.24) is 15.1 Å². The Labute approximate surface area is 258 Å². The predicted molar refractivity (Wildman–Crippen MR) is 161 cm³/mol. The van der Waals surface area contributed by atoms with E-state index in [-0.39, 0.29) is 30.9 Å². The van der Waals surface area contributed by atoms with Crippen LogP contribution < -0.4 is 5.32 Å². The van der Waals surface area contributed by atoms with Gasteiger partial charge in [-0.25, -0.2) is 0 Å². The van der Waals surface area contributed by atoms with Crippen LogP contribution in [0.4, 0.5) is 0 Å². The second-order valence-corrected chi connectivity index (χ2v) is 12.9. The van der Waals surface area contributed by atoms with Crippen molar-refractivity contribution in [2.45, 2.75) is 101 Å². The molecule has 1 aliphatic carbocycles. The van der Waals surface area contributed by atoms with Gasteiger partial charge in [-0.05, 0) is 38.7 Å². The molecule has 3 amide bonds.